The molecule has 3 heteroatoms. The van der Waals surface area contributed by atoms with Gasteiger partial charge in [-0.3, -0.25) is 0 Å². The number of ether oxygens (including phenoxy) is 1. The Morgan fingerprint density at radius 1 is 1.14 bits per heavy atom. The largest absolute Gasteiger partial charge is 0.504 e. The van der Waals surface area contributed by atoms with E-state index in [4.69, 9.17) is 4.74 Å². The standard InChI is InChI=1S/C11H14O3/c12-10-3-1-2-9(11(10)13)8-4-6-14-7-5-8/h1-3,8,12-13H,4-7H2. The fourth-order valence-electron chi connectivity index (χ4n) is 1.89. The molecule has 0 unspecified atom stereocenters. The molecule has 14 heavy (non-hydrogen) atoms. The van der Waals surface area contributed by atoms with E-state index >= 15 is 0 Å². The molecule has 1 aliphatic heterocycles. The van der Waals surface area contributed by atoms with Crippen molar-refractivity contribution in [1.82, 2.24) is 0 Å². The van der Waals surface area contributed by atoms with Crippen molar-refractivity contribution in [3.63, 3.8) is 0 Å². The Kier molecular flexibility index (Phi) is 2.59. The Morgan fingerprint density at radius 3 is 2.57 bits per heavy atom. The van der Waals surface area contributed by atoms with Crippen LogP contribution in [0.25, 0.3) is 0 Å². The van der Waals surface area contributed by atoms with Crippen LogP contribution in [0.4, 0.5) is 0 Å². The van der Waals surface area contributed by atoms with Crippen LogP contribution in [0.2, 0.25) is 0 Å². The lowest BCUT2D eigenvalue weighted by molar-refractivity contribution is 0.0847. The summed E-state index contributed by atoms with van der Waals surface area (Å²) in [5.74, 6) is 0.309. The molecule has 1 aromatic carbocycles. The van der Waals surface area contributed by atoms with Crippen molar-refractivity contribution >= 4 is 0 Å². The molecule has 0 amide bonds. The fourth-order valence-corrected chi connectivity index (χ4v) is 1.89. The molecule has 0 saturated carbocycles. The lowest BCUT2D eigenvalue weighted by Crippen LogP contribution is -2.14. The molecular formula is C11H14O3. The monoisotopic (exact) mass is 194 g/mol. The van der Waals surface area contributed by atoms with Crippen molar-refractivity contribution in [2.24, 2.45) is 0 Å². The maximum absolute atomic E-state index is 9.66. The maximum Gasteiger partial charge on any atom is 0.160 e. The number of para-hydroxylation sites is 1. The second-order valence-electron chi connectivity index (χ2n) is 3.60. The molecular weight excluding hydrogens is 180 g/mol. The summed E-state index contributed by atoms with van der Waals surface area (Å²) in [6.07, 6.45) is 1.83. The molecule has 1 heterocycles. The highest BCUT2D eigenvalue weighted by Gasteiger charge is 2.19. The van der Waals surface area contributed by atoms with Crippen molar-refractivity contribution in [3.05, 3.63) is 23.8 Å². The van der Waals surface area contributed by atoms with Gasteiger partial charge in [0.25, 0.3) is 0 Å². The van der Waals surface area contributed by atoms with Gasteiger partial charge in [-0.05, 0) is 24.8 Å². The predicted octanol–water partition coefficient (Wildman–Crippen LogP) is 1.99. The second kappa shape index (κ2) is 3.88. The third-order valence-corrected chi connectivity index (χ3v) is 2.71. The first-order chi connectivity index (χ1) is 6.79. The number of hydrogen-bond acceptors (Lipinski definition) is 3. The van der Waals surface area contributed by atoms with Gasteiger partial charge in [0.1, 0.15) is 0 Å². The van der Waals surface area contributed by atoms with Gasteiger partial charge < -0.3 is 14.9 Å². The van der Waals surface area contributed by atoms with E-state index < -0.39 is 0 Å². The molecule has 3 nitrogen and oxygen atoms in total. The number of phenolic OH excluding ortho intramolecular Hbond substituents is 2. The summed E-state index contributed by atoms with van der Waals surface area (Å²) in [6.45, 7) is 1.47. The lowest BCUT2D eigenvalue weighted by Gasteiger charge is -2.23. The first-order valence-electron chi connectivity index (χ1n) is 4.87. The Labute approximate surface area is 83.0 Å². The zero-order chi connectivity index (χ0) is 9.97. The molecule has 0 bridgehead atoms. The summed E-state index contributed by atoms with van der Waals surface area (Å²) < 4.78 is 5.25. The first-order valence-corrected chi connectivity index (χ1v) is 4.87. The van der Waals surface area contributed by atoms with Gasteiger partial charge in [0.15, 0.2) is 11.5 Å². The smallest absolute Gasteiger partial charge is 0.160 e. The molecule has 1 aromatic rings. The number of phenols is 2. The van der Waals surface area contributed by atoms with Crippen LogP contribution in [0.15, 0.2) is 18.2 Å². The average molecular weight is 194 g/mol. The van der Waals surface area contributed by atoms with E-state index in [2.05, 4.69) is 0 Å². The molecule has 1 saturated heterocycles. The highest BCUT2D eigenvalue weighted by molar-refractivity contribution is 5.46. The fraction of sp³-hybridized carbons (Fsp3) is 0.455. The zero-order valence-electron chi connectivity index (χ0n) is 7.94. The summed E-state index contributed by atoms with van der Waals surface area (Å²) >= 11 is 0. The zero-order valence-corrected chi connectivity index (χ0v) is 7.94. The van der Waals surface area contributed by atoms with Gasteiger partial charge >= 0.3 is 0 Å². The van der Waals surface area contributed by atoms with E-state index in [9.17, 15) is 10.2 Å². The summed E-state index contributed by atoms with van der Waals surface area (Å²) in [7, 11) is 0. The van der Waals surface area contributed by atoms with Crippen molar-refractivity contribution in [2.75, 3.05) is 13.2 Å². The van der Waals surface area contributed by atoms with Gasteiger partial charge in [-0.2, -0.15) is 0 Å². The first kappa shape index (κ1) is 9.34. The molecule has 0 aromatic heterocycles. The predicted molar refractivity (Wildman–Crippen MR) is 52.6 cm³/mol. The normalized spacial score (nSPS) is 18.3. The van der Waals surface area contributed by atoms with E-state index in [1.807, 2.05) is 6.07 Å². The van der Waals surface area contributed by atoms with Crippen molar-refractivity contribution in [2.45, 2.75) is 18.8 Å². The SMILES string of the molecule is Oc1cccc(C2CCOCC2)c1O. The van der Waals surface area contributed by atoms with Crippen LogP contribution in [-0.4, -0.2) is 23.4 Å². The summed E-state index contributed by atoms with van der Waals surface area (Å²) in [6, 6.07) is 5.13. The Balaban J connectivity index is 2.26. The van der Waals surface area contributed by atoms with E-state index in [0.717, 1.165) is 31.6 Å². The molecule has 0 aliphatic carbocycles. The lowest BCUT2D eigenvalue weighted by atomic mass is 9.91. The van der Waals surface area contributed by atoms with Gasteiger partial charge in [0.05, 0.1) is 0 Å². The third kappa shape index (κ3) is 1.68. The molecule has 0 spiro atoms. The minimum Gasteiger partial charge on any atom is -0.504 e. The van der Waals surface area contributed by atoms with Crippen LogP contribution in [-0.2, 0) is 4.74 Å². The van der Waals surface area contributed by atoms with Gasteiger partial charge in [0, 0.05) is 18.8 Å². The van der Waals surface area contributed by atoms with Crippen LogP contribution in [0.5, 0.6) is 11.5 Å². The average Bonchev–Trinajstić information content (AvgIpc) is 2.23. The molecule has 2 rings (SSSR count). The number of hydrogen-bond donors (Lipinski definition) is 2. The van der Waals surface area contributed by atoms with Gasteiger partial charge in [-0.1, -0.05) is 12.1 Å². The highest BCUT2D eigenvalue weighted by atomic mass is 16.5. The van der Waals surface area contributed by atoms with Crippen LogP contribution < -0.4 is 0 Å². The number of benzene rings is 1. The summed E-state index contributed by atoms with van der Waals surface area (Å²) in [5, 5.41) is 19.0. The van der Waals surface area contributed by atoms with Crippen molar-refractivity contribution in [1.29, 1.82) is 0 Å². The van der Waals surface area contributed by atoms with Gasteiger partial charge in [0.2, 0.25) is 0 Å². The quantitative estimate of drug-likeness (QED) is 0.672. The Morgan fingerprint density at radius 2 is 1.86 bits per heavy atom. The Bertz CT molecular complexity index is 316. The molecule has 76 valence electrons. The van der Waals surface area contributed by atoms with Crippen LogP contribution in [0, 0.1) is 0 Å². The summed E-state index contributed by atoms with van der Waals surface area (Å²) in [4.78, 5) is 0. The van der Waals surface area contributed by atoms with Gasteiger partial charge in [-0.25, -0.2) is 0 Å². The van der Waals surface area contributed by atoms with Crippen LogP contribution in [0.1, 0.15) is 24.3 Å². The molecule has 0 radical (unpaired) electrons. The van der Waals surface area contributed by atoms with E-state index in [-0.39, 0.29) is 11.5 Å². The van der Waals surface area contributed by atoms with Gasteiger partial charge in [-0.15, -0.1) is 0 Å². The Hall–Kier alpha value is -1.22. The minimum absolute atomic E-state index is 0.0272. The van der Waals surface area contributed by atoms with E-state index in [0.29, 0.717) is 5.92 Å². The van der Waals surface area contributed by atoms with Crippen LogP contribution in [0.3, 0.4) is 0 Å². The molecule has 1 fully saturated rings. The third-order valence-electron chi connectivity index (χ3n) is 2.71. The molecule has 1 aliphatic rings. The molecule has 2 N–H and O–H groups in total. The molecule has 0 atom stereocenters. The van der Waals surface area contributed by atoms with E-state index in [1.54, 1.807) is 6.07 Å². The minimum atomic E-state index is -0.0333. The van der Waals surface area contributed by atoms with Crippen molar-refractivity contribution in [3.8, 4) is 11.5 Å². The highest BCUT2D eigenvalue weighted by Crippen LogP contribution is 2.37. The number of rotatable bonds is 1. The second-order valence-corrected chi connectivity index (χ2v) is 3.60. The topological polar surface area (TPSA) is 49.7 Å². The van der Waals surface area contributed by atoms with Crippen LogP contribution >= 0.6 is 0 Å². The number of aromatic hydroxyl groups is 2. The summed E-state index contributed by atoms with van der Waals surface area (Å²) in [5.41, 5.74) is 0.841. The maximum atomic E-state index is 9.66. The van der Waals surface area contributed by atoms with Crippen molar-refractivity contribution < 1.29 is 14.9 Å². The van der Waals surface area contributed by atoms with E-state index in [1.165, 1.54) is 6.07 Å².